The second kappa shape index (κ2) is 12.3. The molecule has 200 valence electrons. The molecule has 0 spiro atoms. The smallest absolute Gasteiger partial charge is 0.315 e. The Morgan fingerprint density at radius 2 is 1.60 bits per heavy atom. The molecule has 0 aliphatic rings. The van der Waals surface area contributed by atoms with Crippen molar-refractivity contribution in [2.45, 2.75) is 20.0 Å². The van der Waals surface area contributed by atoms with Crippen molar-refractivity contribution < 1.29 is 23.8 Å². The third-order valence-electron chi connectivity index (χ3n) is 5.91. The number of carbonyl (C=O) groups excluding carboxylic acids is 2. The summed E-state index contributed by atoms with van der Waals surface area (Å²) in [5, 5.41) is 3.88. The van der Waals surface area contributed by atoms with E-state index in [-0.39, 0.29) is 12.3 Å². The predicted molar refractivity (Wildman–Crippen MR) is 154 cm³/mol. The molecule has 5 rings (SSSR count). The summed E-state index contributed by atoms with van der Waals surface area (Å²) >= 11 is 6.49. The van der Waals surface area contributed by atoms with Gasteiger partial charge in [-0.25, -0.2) is 0 Å². The maximum atomic E-state index is 12.4. The number of esters is 1. The SMILES string of the molecule is CC(=O)Nc1cc2c(Oc3ccc(CC(=O)Oc4ccccc4)c(Cl)c3)ccnc2cc1OCc1ccccc1. The zero-order valence-corrected chi connectivity index (χ0v) is 22.4. The summed E-state index contributed by atoms with van der Waals surface area (Å²) in [6.07, 6.45) is 1.64. The van der Waals surface area contributed by atoms with Crippen molar-refractivity contribution in [2.24, 2.45) is 0 Å². The van der Waals surface area contributed by atoms with Crippen molar-refractivity contribution in [2.75, 3.05) is 5.32 Å². The largest absolute Gasteiger partial charge is 0.487 e. The van der Waals surface area contributed by atoms with Gasteiger partial charge in [0.25, 0.3) is 0 Å². The Morgan fingerprint density at radius 1 is 0.850 bits per heavy atom. The standard InChI is InChI=1S/C32H25ClN2O5/c1-21(36)35-29-18-26-28(19-31(29)38-20-22-8-4-2-5-9-22)34-15-14-30(26)39-25-13-12-23(27(33)17-25)16-32(37)40-24-10-6-3-7-11-24/h2-15,17-19H,16,20H2,1H3,(H,35,36). The topological polar surface area (TPSA) is 86.8 Å². The van der Waals surface area contributed by atoms with Crippen LogP contribution in [0.1, 0.15) is 18.1 Å². The van der Waals surface area contributed by atoms with Crippen LogP contribution in [-0.4, -0.2) is 16.9 Å². The van der Waals surface area contributed by atoms with Crippen LogP contribution in [-0.2, 0) is 22.6 Å². The number of anilines is 1. The molecule has 1 N–H and O–H groups in total. The van der Waals surface area contributed by atoms with Gasteiger partial charge in [-0.1, -0.05) is 66.2 Å². The molecule has 8 heteroatoms. The van der Waals surface area contributed by atoms with E-state index in [4.69, 9.17) is 25.8 Å². The molecular weight excluding hydrogens is 528 g/mol. The summed E-state index contributed by atoms with van der Waals surface area (Å²) in [7, 11) is 0. The monoisotopic (exact) mass is 552 g/mol. The van der Waals surface area contributed by atoms with E-state index in [9.17, 15) is 9.59 Å². The number of pyridine rings is 1. The van der Waals surface area contributed by atoms with Gasteiger partial charge in [-0.3, -0.25) is 14.6 Å². The van der Waals surface area contributed by atoms with Gasteiger partial charge in [-0.15, -0.1) is 0 Å². The number of benzene rings is 4. The summed E-state index contributed by atoms with van der Waals surface area (Å²) in [5.74, 6) is 1.30. The Kier molecular flexibility index (Phi) is 8.23. The fourth-order valence-corrected chi connectivity index (χ4v) is 4.29. The zero-order valence-electron chi connectivity index (χ0n) is 21.6. The number of carbonyl (C=O) groups is 2. The van der Waals surface area contributed by atoms with Crippen LogP contribution in [0.15, 0.2) is 103 Å². The molecule has 1 amide bonds. The number of nitrogens with one attached hydrogen (secondary N) is 1. The number of aromatic nitrogens is 1. The molecule has 1 aromatic heterocycles. The fourth-order valence-electron chi connectivity index (χ4n) is 4.05. The average Bonchev–Trinajstić information content (AvgIpc) is 2.94. The van der Waals surface area contributed by atoms with E-state index in [1.54, 1.807) is 66.9 Å². The van der Waals surface area contributed by atoms with Gasteiger partial charge in [-0.2, -0.15) is 0 Å². The van der Waals surface area contributed by atoms with Crippen molar-refractivity contribution in [3.63, 3.8) is 0 Å². The number of para-hydroxylation sites is 1. The summed E-state index contributed by atoms with van der Waals surface area (Å²) in [4.78, 5) is 28.8. The van der Waals surface area contributed by atoms with Crippen LogP contribution in [0.5, 0.6) is 23.0 Å². The zero-order chi connectivity index (χ0) is 27.9. The van der Waals surface area contributed by atoms with E-state index in [2.05, 4.69) is 10.3 Å². The van der Waals surface area contributed by atoms with E-state index in [1.807, 2.05) is 36.4 Å². The highest BCUT2D eigenvalue weighted by atomic mass is 35.5. The summed E-state index contributed by atoms with van der Waals surface area (Å²) in [6, 6.07) is 29.0. The fraction of sp³-hybridized carbons (Fsp3) is 0.0938. The first-order valence-electron chi connectivity index (χ1n) is 12.5. The maximum absolute atomic E-state index is 12.4. The number of hydrogen-bond acceptors (Lipinski definition) is 6. The lowest BCUT2D eigenvalue weighted by Crippen LogP contribution is -2.11. The van der Waals surface area contributed by atoms with Crippen molar-refractivity contribution in [1.82, 2.24) is 4.98 Å². The maximum Gasteiger partial charge on any atom is 0.315 e. The summed E-state index contributed by atoms with van der Waals surface area (Å²) < 4.78 is 17.6. The molecule has 0 bridgehead atoms. The first-order chi connectivity index (χ1) is 19.4. The molecule has 5 aromatic rings. The molecule has 0 atom stereocenters. The lowest BCUT2D eigenvalue weighted by molar-refractivity contribution is -0.133. The van der Waals surface area contributed by atoms with E-state index in [0.29, 0.717) is 56.8 Å². The summed E-state index contributed by atoms with van der Waals surface area (Å²) in [6.45, 7) is 1.77. The third kappa shape index (κ3) is 6.76. The number of amides is 1. The number of ether oxygens (including phenoxy) is 3. The molecule has 40 heavy (non-hydrogen) atoms. The normalized spacial score (nSPS) is 10.7. The van der Waals surface area contributed by atoms with E-state index < -0.39 is 5.97 Å². The second-order valence-corrected chi connectivity index (χ2v) is 9.36. The molecule has 0 aliphatic heterocycles. The summed E-state index contributed by atoms with van der Waals surface area (Å²) in [5.41, 5.74) is 2.73. The van der Waals surface area contributed by atoms with Gasteiger partial charge in [0.05, 0.1) is 17.6 Å². The van der Waals surface area contributed by atoms with E-state index >= 15 is 0 Å². The van der Waals surface area contributed by atoms with Crippen LogP contribution in [0.3, 0.4) is 0 Å². The molecule has 7 nitrogen and oxygen atoms in total. The second-order valence-electron chi connectivity index (χ2n) is 8.95. The van der Waals surface area contributed by atoms with Gasteiger partial charge in [0.15, 0.2) is 0 Å². The van der Waals surface area contributed by atoms with Crippen molar-refractivity contribution in [1.29, 1.82) is 0 Å². The molecular formula is C32H25ClN2O5. The molecule has 4 aromatic carbocycles. The van der Waals surface area contributed by atoms with Gasteiger partial charge in [0.2, 0.25) is 5.91 Å². The predicted octanol–water partition coefficient (Wildman–Crippen LogP) is 7.37. The van der Waals surface area contributed by atoms with E-state index in [1.165, 1.54) is 6.92 Å². The first kappa shape index (κ1) is 26.7. The van der Waals surface area contributed by atoms with Crippen LogP contribution < -0.4 is 19.5 Å². The lowest BCUT2D eigenvalue weighted by atomic mass is 10.1. The Morgan fingerprint density at radius 3 is 2.33 bits per heavy atom. The number of rotatable bonds is 9. The Labute approximate surface area is 236 Å². The number of halogens is 1. The van der Waals surface area contributed by atoms with Crippen molar-refractivity contribution in [3.05, 3.63) is 119 Å². The number of fused-ring (bicyclic) bond motifs is 1. The minimum atomic E-state index is -0.419. The lowest BCUT2D eigenvalue weighted by Gasteiger charge is -2.15. The minimum absolute atomic E-state index is 0.0119. The van der Waals surface area contributed by atoms with E-state index in [0.717, 1.165) is 5.56 Å². The minimum Gasteiger partial charge on any atom is -0.487 e. The van der Waals surface area contributed by atoms with Crippen LogP contribution in [0.2, 0.25) is 5.02 Å². The molecule has 1 heterocycles. The molecule has 0 saturated carbocycles. The quantitative estimate of drug-likeness (QED) is 0.152. The van der Waals surface area contributed by atoms with Gasteiger partial charge in [0.1, 0.15) is 29.6 Å². The van der Waals surface area contributed by atoms with Crippen molar-refractivity contribution in [3.8, 4) is 23.0 Å². The van der Waals surface area contributed by atoms with Crippen LogP contribution >= 0.6 is 11.6 Å². The third-order valence-corrected chi connectivity index (χ3v) is 6.26. The van der Waals surface area contributed by atoms with Crippen LogP contribution in [0, 0.1) is 0 Å². The van der Waals surface area contributed by atoms with Gasteiger partial charge < -0.3 is 19.5 Å². The highest BCUT2D eigenvalue weighted by molar-refractivity contribution is 6.31. The Hall–Kier alpha value is -4.88. The Balaban J connectivity index is 1.36. The number of nitrogens with zero attached hydrogens (tertiary/aromatic N) is 1. The molecule has 0 fully saturated rings. The van der Waals surface area contributed by atoms with Gasteiger partial charge >= 0.3 is 5.97 Å². The molecule has 0 radical (unpaired) electrons. The van der Waals surface area contributed by atoms with Crippen LogP contribution in [0.25, 0.3) is 10.9 Å². The highest BCUT2D eigenvalue weighted by Gasteiger charge is 2.15. The first-order valence-corrected chi connectivity index (χ1v) is 12.9. The average molecular weight is 553 g/mol. The van der Waals surface area contributed by atoms with Gasteiger partial charge in [0, 0.05) is 29.6 Å². The van der Waals surface area contributed by atoms with Gasteiger partial charge in [-0.05, 0) is 47.5 Å². The molecule has 0 aliphatic carbocycles. The highest BCUT2D eigenvalue weighted by Crippen LogP contribution is 2.37. The molecule has 0 saturated heterocycles. The number of hydrogen-bond donors (Lipinski definition) is 1. The molecule has 0 unspecified atom stereocenters. The van der Waals surface area contributed by atoms with Crippen LogP contribution in [0.4, 0.5) is 5.69 Å². The van der Waals surface area contributed by atoms with Crippen molar-refractivity contribution >= 4 is 40.1 Å². The Bertz CT molecular complexity index is 1660.